The summed E-state index contributed by atoms with van der Waals surface area (Å²) in [5.41, 5.74) is 1.44. The number of rotatable bonds is 8. The Hall–Kier alpha value is -2.83. The van der Waals surface area contributed by atoms with Gasteiger partial charge in [-0.25, -0.2) is 14.6 Å². The smallest absolute Gasteiger partial charge is 0.461 e. The predicted octanol–water partition coefficient (Wildman–Crippen LogP) is 3.60. The lowest BCUT2D eigenvalue weighted by molar-refractivity contribution is 0.0266. The minimum Gasteiger partial charge on any atom is -0.461 e. The van der Waals surface area contributed by atoms with Gasteiger partial charge >= 0.3 is 12.1 Å². The topological polar surface area (TPSA) is 79.7 Å². The monoisotopic (exact) mass is 360 g/mol. The summed E-state index contributed by atoms with van der Waals surface area (Å²) in [6, 6.07) is 9.78. The van der Waals surface area contributed by atoms with Gasteiger partial charge in [-0.15, -0.1) is 0 Å². The van der Waals surface area contributed by atoms with Crippen LogP contribution in [0, 0.1) is 0 Å². The molecule has 0 spiro atoms. The minimum absolute atomic E-state index is 0.0459. The normalized spacial score (nSPS) is 11.8. The molecule has 1 atom stereocenters. The maximum Gasteiger partial charge on any atom is 0.508 e. The molecular weight excluding hydrogens is 336 g/mol. The molecule has 2 rings (SSSR count). The zero-order valence-electron chi connectivity index (χ0n) is 15.3. The van der Waals surface area contributed by atoms with Crippen molar-refractivity contribution < 1.29 is 23.8 Å². The van der Waals surface area contributed by atoms with Crippen molar-refractivity contribution in [3.63, 3.8) is 0 Å². The molecule has 2 aromatic rings. The molecular formula is C19H24N2O5. The number of imidazole rings is 1. The van der Waals surface area contributed by atoms with E-state index in [4.69, 9.17) is 14.2 Å². The van der Waals surface area contributed by atoms with Crippen molar-refractivity contribution in [2.75, 3.05) is 13.2 Å². The third kappa shape index (κ3) is 5.61. The first-order valence-electron chi connectivity index (χ1n) is 8.56. The van der Waals surface area contributed by atoms with Gasteiger partial charge in [-0.05, 0) is 26.3 Å². The van der Waals surface area contributed by atoms with Gasteiger partial charge in [-0.1, -0.05) is 30.3 Å². The fourth-order valence-corrected chi connectivity index (χ4v) is 2.34. The Bertz CT molecular complexity index is 712. The number of carbonyl (C=O) groups is 2. The van der Waals surface area contributed by atoms with Crippen LogP contribution in [0.5, 0.6) is 0 Å². The Morgan fingerprint density at radius 1 is 1.08 bits per heavy atom. The van der Waals surface area contributed by atoms with Crippen molar-refractivity contribution in [1.29, 1.82) is 0 Å². The SMILES string of the molecule is CC(C)OC(=O)OCCCOC(=O)c1cncn1[C@H](C)c1ccccc1. The lowest BCUT2D eigenvalue weighted by atomic mass is 10.1. The molecule has 0 unspecified atom stereocenters. The van der Waals surface area contributed by atoms with Gasteiger partial charge in [0.05, 0.1) is 37.9 Å². The van der Waals surface area contributed by atoms with E-state index >= 15 is 0 Å². The van der Waals surface area contributed by atoms with E-state index in [1.165, 1.54) is 6.20 Å². The lowest BCUT2D eigenvalue weighted by Gasteiger charge is -2.16. The van der Waals surface area contributed by atoms with Gasteiger partial charge in [0.2, 0.25) is 0 Å². The molecule has 0 saturated heterocycles. The Morgan fingerprint density at radius 2 is 1.77 bits per heavy atom. The highest BCUT2D eigenvalue weighted by atomic mass is 16.7. The van der Waals surface area contributed by atoms with E-state index in [1.54, 1.807) is 24.7 Å². The zero-order chi connectivity index (χ0) is 18.9. The third-order valence-electron chi connectivity index (χ3n) is 3.65. The van der Waals surface area contributed by atoms with E-state index in [0.717, 1.165) is 5.56 Å². The van der Waals surface area contributed by atoms with Crippen molar-refractivity contribution >= 4 is 12.1 Å². The summed E-state index contributed by atoms with van der Waals surface area (Å²) in [7, 11) is 0. The van der Waals surface area contributed by atoms with Crippen LogP contribution in [0.2, 0.25) is 0 Å². The van der Waals surface area contributed by atoms with E-state index in [-0.39, 0.29) is 25.4 Å². The fraction of sp³-hybridized carbons (Fsp3) is 0.421. The van der Waals surface area contributed by atoms with Crippen molar-refractivity contribution in [3.8, 4) is 0 Å². The standard InChI is InChI=1S/C19H24N2O5/c1-14(2)26-19(23)25-11-7-10-24-18(22)17-12-20-13-21(17)15(3)16-8-5-4-6-9-16/h4-6,8-9,12-15H,7,10-11H2,1-3H3/t15-/m1/s1. The summed E-state index contributed by atoms with van der Waals surface area (Å²) in [6.45, 7) is 5.73. The van der Waals surface area contributed by atoms with Gasteiger partial charge in [0.15, 0.2) is 0 Å². The number of carbonyl (C=O) groups excluding carboxylic acids is 2. The number of hydrogen-bond acceptors (Lipinski definition) is 6. The van der Waals surface area contributed by atoms with Crippen LogP contribution >= 0.6 is 0 Å². The predicted molar refractivity (Wildman–Crippen MR) is 95.0 cm³/mol. The first kappa shape index (κ1) is 19.5. The van der Waals surface area contributed by atoms with Crippen molar-refractivity contribution in [2.24, 2.45) is 0 Å². The van der Waals surface area contributed by atoms with E-state index in [1.807, 2.05) is 37.3 Å². The van der Waals surface area contributed by atoms with Gasteiger partial charge < -0.3 is 18.8 Å². The Balaban J connectivity index is 1.82. The molecule has 0 fully saturated rings. The first-order valence-corrected chi connectivity index (χ1v) is 8.56. The van der Waals surface area contributed by atoms with Gasteiger partial charge in [0.1, 0.15) is 5.69 Å². The summed E-state index contributed by atoms with van der Waals surface area (Å²) >= 11 is 0. The van der Waals surface area contributed by atoms with Crippen molar-refractivity contribution in [1.82, 2.24) is 9.55 Å². The second-order valence-electron chi connectivity index (χ2n) is 6.03. The zero-order valence-corrected chi connectivity index (χ0v) is 15.3. The number of benzene rings is 1. The fourth-order valence-electron chi connectivity index (χ4n) is 2.34. The first-order chi connectivity index (χ1) is 12.5. The maximum absolute atomic E-state index is 12.3. The van der Waals surface area contributed by atoms with E-state index in [9.17, 15) is 9.59 Å². The molecule has 0 amide bonds. The third-order valence-corrected chi connectivity index (χ3v) is 3.65. The quantitative estimate of drug-likeness (QED) is 0.529. The van der Waals surface area contributed by atoms with Crippen LogP contribution < -0.4 is 0 Å². The number of aromatic nitrogens is 2. The molecule has 0 aliphatic heterocycles. The van der Waals surface area contributed by atoms with Crippen LogP contribution in [0.4, 0.5) is 4.79 Å². The Kier molecular flexibility index (Phi) is 7.20. The van der Waals surface area contributed by atoms with E-state index < -0.39 is 12.1 Å². The molecule has 1 aromatic carbocycles. The van der Waals surface area contributed by atoms with Crippen LogP contribution in [-0.4, -0.2) is 41.0 Å². The van der Waals surface area contributed by atoms with Gasteiger partial charge in [-0.2, -0.15) is 0 Å². The summed E-state index contributed by atoms with van der Waals surface area (Å²) in [6.07, 6.45) is 2.53. The van der Waals surface area contributed by atoms with E-state index in [0.29, 0.717) is 12.1 Å². The average molecular weight is 360 g/mol. The molecule has 7 nitrogen and oxygen atoms in total. The van der Waals surface area contributed by atoms with Crippen LogP contribution in [0.3, 0.4) is 0 Å². The molecule has 0 N–H and O–H groups in total. The molecule has 1 aromatic heterocycles. The second kappa shape index (κ2) is 9.60. The maximum atomic E-state index is 12.3. The molecule has 1 heterocycles. The molecule has 140 valence electrons. The van der Waals surface area contributed by atoms with Crippen LogP contribution in [0.15, 0.2) is 42.9 Å². The summed E-state index contributed by atoms with van der Waals surface area (Å²) in [5.74, 6) is -0.463. The van der Waals surface area contributed by atoms with Gasteiger partial charge in [0.25, 0.3) is 0 Å². The molecule has 26 heavy (non-hydrogen) atoms. The highest BCUT2D eigenvalue weighted by molar-refractivity contribution is 5.87. The second-order valence-corrected chi connectivity index (χ2v) is 6.03. The van der Waals surface area contributed by atoms with E-state index in [2.05, 4.69) is 4.98 Å². The lowest BCUT2D eigenvalue weighted by Crippen LogP contribution is -2.17. The van der Waals surface area contributed by atoms with Crippen molar-refractivity contribution in [3.05, 3.63) is 54.1 Å². The van der Waals surface area contributed by atoms with Crippen LogP contribution in [0.25, 0.3) is 0 Å². The number of ether oxygens (including phenoxy) is 3. The molecule has 0 aliphatic rings. The number of hydrogen-bond donors (Lipinski definition) is 0. The average Bonchev–Trinajstić information content (AvgIpc) is 3.10. The Morgan fingerprint density at radius 3 is 2.46 bits per heavy atom. The van der Waals surface area contributed by atoms with Crippen molar-refractivity contribution in [2.45, 2.75) is 39.3 Å². The minimum atomic E-state index is -0.721. The van der Waals surface area contributed by atoms with Gasteiger partial charge in [-0.3, -0.25) is 0 Å². The number of esters is 1. The van der Waals surface area contributed by atoms with Crippen LogP contribution in [0.1, 0.15) is 49.3 Å². The summed E-state index contributed by atoms with van der Waals surface area (Å²) in [4.78, 5) is 27.6. The molecule has 7 heteroatoms. The summed E-state index contributed by atoms with van der Waals surface area (Å²) < 4.78 is 16.7. The highest BCUT2D eigenvalue weighted by Gasteiger charge is 2.18. The Labute approximate surface area is 152 Å². The van der Waals surface area contributed by atoms with Gasteiger partial charge in [0, 0.05) is 6.42 Å². The molecule has 0 saturated carbocycles. The largest absolute Gasteiger partial charge is 0.508 e. The molecule has 0 bridgehead atoms. The molecule has 0 aliphatic carbocycles. The van der Waals surface area contributed by atoms with Crippen LogP contribution in [-0.2, 0) is 14.2 Å². The number of nitrogens with zero attached hydrogens (tertiary/aromatic N) is 2. The summed E-state index contributed by atoms with van der Waals surface area (Å²) in [5, 5.41) is 0. The highest BCUT2D eigenvalue weighted by Crippen LogP contribution is 2.19. The molecule has 0 radical (unpaired) electrons.